The van der Waals surface area contributed by atoms with E-state index in [1.54, 1.807) is 19.3 Å². The first kappa shape index (κ1) is 20.1. The van der Waals surface area contributed by atoms with Gasteiger partial charge in [0.05, 0.1) is 0 Å². The minimum absolute atomic E-state index is 0.164. The van der Waals surface area contributed by atoms with Gasteiger partial charge < -0.3 is 4.90 Å². The first-order valence-electron chi connectivity index (χ1n) is 10.2. The van der Waals surface area contributed by atoms with Crippen LogP contribution in [0.25, 0.3) is 5.52 Å². The zero-order valence-electron chi connectivity index (χ0n) is 17.8. The Hall–Kier alpha value is -3.23. The lowest BCUT2D eigenvalue weighted by atomic mass is 10.1. The van der Waals surface area contributed by atoms with E-state index in [0.29, 0.717) is 23.2 Å². The Morgan fingerprint density at radius 2 is 2.07 bits per heavy atom. The van der Waals surface area contributed by atoms with E-state index in [2.05, 4.69) is 33.8 Å². The fourth-order valence-corrected chi connectivity index (χ4v) is 3.44. The number of anilines is 2. The Balaban J connectivity index is 1.72. The SMILES string of the molecule is CC(C)c1cc2c(=O)n(CC(=O)N(C)c3ccncn3)nc(N(C)CC3CC3)n2c1. The molecule has 3 aromatic rings. The van der Waals surface area contributed by atoms with Crippen LogP contribution < -0.4 is 15.4 Å². The fourth-order valence-electron chi connectivity index (χ4n) is 3.44. The van der Waals surface area contributed by atoms with Crippen molar-refractivity contribution in [2.45, 2.75) is 39.2 Å². The Kier molecular flexibility index (Phi) is 5.27. The third-order valence-electron chi connectivity index (χ3n) is 5.53. The lowest BCUT2D eigenvalue weighted by Gasteiger charge is -2.21. The van der Waals surface area contributed by atoms with Gasteiger partial charge in [-0.2, -0.15) is 0 Å². The molecule has 0 N–H and O–H groups in total. The molecule has 1 saturated carbocycles. The molecule has 9 nitrogen and oxygen atoms in total. The van der Waals surface area contributed by atoms with E-state index in [4.69, 9.17) is 0 Å². The Labute approximate surface area is 175 Å². The average molecular weight is 409 g/mol. The summed E-state index contributed by atoms with van der Waals surface area (Å²) >= 11 is 0. The summed E-state index contributed by atoms with van der Waals surface area (Å²) in [5.41, 5.74) is 1.32. The second kappa shape index (κ2) is 7.89. The maximum atomic E-state index is 13.1. The van der Waals surface area contributed by atoms with Gasteiger partial charge >= 0.3 is 0 Å². The lowest BCUT2D eigenvalue weighted by Crippen LogP contribution is -2.37. The standard InChI is InChI=1S/C21H27N7O2/c1-14(2)16-9-17-20(30)28(12-19(29)26(4)18-7-8-22-13-23-18)24-21(27(17)11-16)25(3)10-15-5-6-15/h7-9,11,13-15H,5-6,10,12H2,1-4H3. The molecule has 3 aromatic heterocycles. The molecular weight excluding hydrogens is 382 g/mol. The summed E-state index contributed by atoms with van der Waals surface area (Å²) in [7, 11) is 3.61. The molecule has 1 aliphatic carbocycles. The van der Waals surface area contributed by atoms with Crippen LogP contribution in [0.15, 0.2) is 35.6 Å². The molecule has 1 aliphatic rings. The number of fused-ring (bicyclic) bond motifs is 1. The topological polar surface area (TPSA) is 88.6 Å². The molecule has 0 aliphatic heterocycles. The minimum atomic E-state index is -0.282. The highest BCUT2D eigenvalue weighted by atomic mass is 16.2. The van der Waals surface area contributed by atoms with Gasteiger partial charge in [0.15, 0.2) is 0 Å². The molecule has 0 bridgehead atoms. The number of likely N-dealkylation sites (N-methyl/N-ethyl adjacent to an activating group) is 1. The highest BCUT2D eigenvalue weighted by Crippen LogP contribution is 2.30. The van der Waals surface area contributed by atoms with Gasteiger partial charge in [-0.25, -0.2) is 14.6 Å². The van der Waals surface area contributed by atoms with Gasteiger partial charge in [0, 0.05) is 33.0 Å². The molecule has 1 amide bonds. The molecule has 1 fully saturated rings. The first-order valence-corrected chi connectivity index (χ1v) is 10.2. The summed E-state index contributed by atoms with van der Waals surface area (Å²) in [6.07, 6.45) is 7.37. The summed E-state index contributed by atoms with van der Waals surface area (Å²) in [5.74, 6) is 1.81. The average Bonchev–Trinajstić information content (AvgIpc) is 3.43. The highest BCUT2D eigenvalue weighted by molar-refractivity contribution is 5.91. The van der Waals surface area contributed by atoms with Gasteiger partial charge in [-0.15, -0.1) is 5.10 Å². The van der Waals surface area contributed by atoms with Gasteiger partial charge in [-0.05, 0) is 42.4 Å². The van der Waals surface area contributed by atoms with Crippen LogP contribution in [-0.4, -0.2) is 50.7 Å². The molecule has 0 unspecified atom stereocenters. The number of carbonyl (C=O) groups is 1. The van der Waals surface area contributed by atoms with Gasteiger partial charge in [0.2, 0.25) is 11.9 Å². The van der Waals surface area contributed by atoms with E-state index in [0.717, 1.165) is 12.1 Å². The van der Waals surface area contributed by atoms with Crippen LogP contribution in [0.1, 0.15) is 38.2 Å². The Bertz CT molecular complexity index is 1120. The van der Waals surface area contributed by atoms with Crippen LogP contribution in [0.2, 0.25) is 0 Å². The molecule has 0 radical (unpaired) electrons. The van der Waals surface area contributed by atoms with Crippen LogP contribution in [0.5, 0.6) is 0 Å². The molecule has 4 rings (SSSR count). The van der Waals surface area contributed by atoms with Crippen molar-refractivity contribution in [2.75, 3.05) is 30.4 Å². The third kappa shape index (κ3) is 3.92. The fraction of sp³-hybridized carbons (Fsp3) is 0.476. The number of nitrogens with zero attached hydrogens (tertiary/aromatic N) is 7. The predicted octanol–water partition coefficient (Wildman–Crippen LogP) is 1.92. The Morgan fingerprint density at radius 1 is 1.30 bits per heavy atom. The zero-order chi connectivity index (χ0) is 21.4. The van der Waals surface area contributed by atoms with Crippen molar-refractivity contribution in [3.63, 3.8) is 0 Å². The predicted molar refractivity (Wildman–Crippen MR) is 115 cm³/mol. The minimum Gasteiger partial charge on any atom is -0.344 e. The van der Waals surface area contributed by atoms with Gasteiger partial charge in [-0.1, -0.05) is 13.8 Å². The number of hydrogen-bond acceptors (Lipinski definition) is 6. The van der Waals surface area contributed by atoms with Crippen LogP contribution in [0.4, 0.5) is 11.8 Å². The van der Waals surface area contributed by atoms with E-state index >= 15 is 0 Å². The third-order valence-corrected chi connectivity index (χ3v) is 5.53. The highest BCUT2D eigenvalue weighted by Gasteiger charge is 2.26. The maximum Gasteiger partial charge on any atom is 0.291 e. The molecule has 3 heterocycles. The molecule has 30 heavy (non-hydrogen) atoms. The zero-order valence-corrected chi connectivity index (χ0v) is 17.8. The van der Waals surface area contributed by atoms with Crippen molar-refractivity contribution in [2.24, 2.45) is 5.92 Å². The number of amides is 1. The summed E-state index contributed by atoms with van der Waals surface area (Å²) in [4.78, 5) is 37.4. The van der Waals surface area contributed by atoms with E-state index in [9.17, 15) is 9.59 Å². The summed E-state index contributed by atoms with van der Waals surface area (Å²) < 4.78 is 3.12. The molecular formula is C21H27N7O2. The van der Waals surface area contributed by atoms with Crippen LogP contribution in [-0.2, 0) is 11.3 Å². The van der Waals surface area contributed by atoms with Gasteiger partial charge in [0.1, 0.15) is 24.2 Å². The molecule has 0 spiro atoms. The quantitative estimate of drug-likeness (QED) is 0.592. The molecule has 9 heteroatoms. The van der Waals surface area contributed by atoms with E-state index in [1.807, 2.05) is 23.7 Å². The molecule has 0 atom stereocenters. The summed E-state index contributed by atoms with van der Waals surface area (Å²) in [6.45, 7) is 4.90. The molecule has 0 saturated heterocycles. The van der Waals surface area contributed by atoms with Gasteiger partial charge in [-0.3, -0.25) is 18.9 Å². The van der Waals surface area contributed by atoms with Crippen molar-refractivity contribution in [1.82, 2.24) is 24.1 Å². The second-order valence-electron chi connectivity index (χ2n) is 8.29. The number of carbonyl (C=O) groups excluding carboxylic acids is 1. The first-order chi connectivity index (χ1) is 14.3. The molecule has 0 aromatic carbocycles. The number of aromatic nitrogens is 5. The van der Waals surface area contributed by atoms with Crippen LogP contribution >= 0.6 is 0 Å². The lowest BCUT2D eigenvalue weighted by molar-refractivity contribution is -0.119. The second-order valence-corrected chi connectivity index (χ2v) is 8.29. The van der Waals surface area contributed by atoms with E-state index < -0.39 is 0 Å². The van der Waals surface area contributed by atoms with Crippen molar-refractivity contribution in [3.05, 3.63) is 46.8 Å². The maximum absolute atomic E-state index is 13.1. The number of hydrogen-bond donors (Lipinski definition) is 0. The van der Waals surface area contributed by atoms with Crippen molar-refractivity contribution in [3.8, 4) is 0 Å². The van der Waals surface area contributed by atoms with E-state index in [-0.39, 0.29) is 23.9 Å². The van der Waals surface area contributed by atoms with Gasteiger partial charge in [0.25, 0.3) is 5.56 Å². The largest absolute Gasteiger partial charge is 0.344 e. The monoisotopic (exact) mass is 409 g/mol. The summed E-state index contributed by atoms with van der Waals surface area (Å²) in [5, 5.41) is 4.58. The van der Waals surface area contributed by atoms with E-state index in [1.165, 1.54) is 28.8 Å². The van der Waals surface area contributed by atoms with Crippen LogP contribution in [0, 0.1) is 5.92 Å². The normalized spacial score (nSPS) is 13.8. The number of rotatable bonds is 7. The van der Waals surface area contributed by atoms with Crippen molar-refractivity contribution in [1.29, 1.82) is 0 Å². The van der Waals surface area contributed by atoms with Crippen molar-refractivity contribution < 1.29 is 4.79 Å². The molecule has 158 valence electrons. The Morgan fingerprint density at radius 3 is 2.70 bits per heavy atom. The van der Waals surface area contributed by atoms with Crippen LogP contribution in [0.3, 0.4) is 0 Å². The smallest absolute Gasteiger partial charge is 0.291 e. The summed E-state index contributed by atoms with van der Waals surface area (Å²) in [6, 6.07) is 3.55. The van der Waals surface area contributed by atoms with Crippen molar-refractivity contribution >= 4 is 23.2 Å².